The Morgan fingerprint density at radius 2 is 1.82 bits per heavy atom. The lowest BCUT2D eigenvalue weighted by atomic mass is 10.0. The van der Waals surface area contributed by atoms with Gasteiger partial charge in [0.15, 0.2) is 0 Å². The van der Waals surface area contributed by atoms with Gasteiger partial charge in [-0.05, 0) is 78.8 Å². The van der Waals surface area contributed by atoms with Crippen molar-refractivity contribution in [2.45, 2.75) is 32.4 Å². The molecule has 0 saturated carbocycles. The number of pyridine rings is 1. The average molecular weight is 527 g/mol. The second-order valence-electron chi connectivity index (χ2n) is 10.8. The van der Waals surface area contributed by atoms with E-state index < -0.39 is 5.60 Å². The van der Waals surface area contributed by atoms with Gasteiger partial charge in [0.25, 0.3) is 17.6 Å². The van der Waals surface area contributed by atoms with Gasteiger partial charge in [0.05, 0.1) is 25.0 Å². The fourth-order valence-corrected chi connectivity index (χ4v) is 5.19. The Hall–Kier alpha value is -4.08. The Balaban J connectivity index is 1.25. The van der Waals surface area contributed by atoms with Crippen LogP contribution in [0.3, 0.4) is 0 Å². The molecule has 0 radical (unpaired) electrons. The second-order valence-corrected chi connectivity index (χ2v) is 10.8. The molecule has 2 aromatic carbocycles. The summed E-state index contributed by atoms with van der Waals surface area (Å²) < 4.78 is 5.35. The molecule has 39 heavy (non-hydrogen) atoms. The molecule has 2 aliphatic heterocycles. The monoisotopic (exact) mass is 526 g/mol. The zero-order valence-electron chi connectivity index (χ0n) is 22.2. The predicted octanol–water partition coefficient (Wildman–Crippen LogP) is 3.30. The summed E-state index contributed by atoms with van der Waals surface area (Å²) in [4.78, 5) is 40.7. The van der Waals surface area contributed by atoms with Crippen LogP contribution in [0.25, 0.3) is 33.7 Å². The highest BCUT2D eigenvalue weighted by Gasteiger charge is 2.29. The number of morpholine rings is 1. The Morgan fingerprint density at radius 3 is 2.56 bits per heavy atom. The van der Waals surface area contributed by atoms with Gasteiger partial charge < -0.3 is 24.6 Å². The zero-order valence-corrected chi connectivity index (χ0v) is 22.2. The van der Waals surface area contributed by atoms with Crippen molar-refractivity contribution in [1.82, 2.24) is 19.8 Å². The van der Waals surface area contributed by atoms with Crippen LogP contribution in [0.5, 0.6) is 0 Å². The predicted molar refractivity (Wildman–Crippen MR) is 146 cm³/mol. The van der Waals surface area contributed by atoms with Gasteiger partial charge in [-0.2, -0.15) is 0 Å². The Morgan fingerprint density at radius 1 is 1.08 bits per heavy atom. The van der Waals surface area contributed by atoms with E-state index in [2.05, 4.69) is 16.0 Å². The molecule has 1 fully saturated rings. The molecule has 0 aliphatic carbocycles. The minimum atomic E-state index is -0.816. The van der Waals surface area contributed by atoms with Crippen LogP contribution in [0, 0.1) is 0 Å². The first-order chi connectivity index (χ1) is 18.8. The molecule has 4 aromatic rings. The number of aliphatic hydroxyl groups is 1. The smallest absolute Gasteiger partial charge is 0.347 e. The number of imidazole rings is 1. The lowest BCUT2D eigenvalue weighted by molar-refractivity contribution is -0.347. The van der Waals surface area contributed by atoms with Crippen LogP contribution in [-0.4, -0.2) is 75.1 Å². The number of nitrogens with one attached hydrogen (secondary N) is 2. The number of ether oxygens (including phenoxy) is 1. The number of fused-ring (bicyclic) bond motifs is 2. The number of carbonyl (C=O) groups is 2. The van der Waals surface area contributed by atoms with Crippen LogP contribution in [0.4, 0.5) is 0 Å². The molecule has 9 heteroatoms. The lowest BCUT2D eigenvalue weighted by Gasteiger charge is -2.26. The molecule has 1 saturated heterocycles. The number of rotatable bonds is 6. The molecule has 0 spiro atoms. The molecule has 0 bridgehead atoms. The van der Waals surface area contributed by atoms with Crippen molar-refractivity contribution in [3.8, 4) is 22.5 Å². The van der Waals surface area contributed by atoms with Crippen LogP contribution in [0.2, 0.25) is 0 Å². The number of hydrogen-bond donors (Lipinski definition) is 2. The van der Waals surface area contributed by atoms with Crippen molar-refractivity contribution >= 4 is 23.0 Å². The van der Waals surface area contributed by atoms with Gasteiger partial charge >= 0.3 is 5.65 Å². The maximum absolute atomic E-state index is 12.9. The Kier molecular flexibility index (Phi) is 6.40. The van der Waals surface area contributed by atoms with Crippen LogP contribution >= 0.6 is 0 Å². The summed E-state index contributed by atoms with van der Waals surface area (Å²) in [6, 6.07) is 15.4. The van der Waals surface area contributed by atoms with Crippen LogP contribution < -0.4 is 4.98 Å². The summed E-state index contributed by atoms with van der Waals surface area (Å²) in [5.41, 5.74) is 5.96. The number of amides is 2. The first kappa shape index (κ1) is 25.2. The van der Waals surface area contributed by atoms with E-state index in [4.69, 9.17) is 9.72 Å². The van der Waals surface area contributed by atoms with Crippen LogP contribution in [0.1, 0.15) is 46.5 Å². The number of carbonyl (C=O) groups excluding carboxylic acids is 2. The van der Waals surface area contributed by atoms with Gasteiger partial charge in [-0.15, -0.1) is 0 Å². The second kappa shape index (κ2) is 9.91. The topological polar surface area (TPSA) is 113 Å². The molecule has 0 atom stereocenters. The number of benzene rings is 2. The first-order valence-corrected chi connectivity index (χ1v) is 13.3. The van der Waals surface area contributed by atoms with Gasteiger partial charge in [-0.3, -0.25) is 9.59 Å². The van der Waals surface area contributed by atoms with E-state index in [1.54, 1.807) is 18.7 Å². The fourth-order valence-electron chi connectivity index (χ4n) is 5.19. The summed E-state index contributed by atoms with van der Waals surface area (Å²) in [7, 11) is 0. The van der Waals surface area contributed by atoms with Crippen LogP contribution in [-0.2, 0) is 11.3 Å². The minimum absolute atomic E-state index is 0.00622. The number of H-pyrrole nitrogens is 2. The van der Waals surface area contributed by atoms with Crippen molar-refractivity contribution in [1.29, 1.82) is 0 Å². The molecule has 4 heterocycles. The standard InChI is InChI=1S/C30H31N5O4/c1-30(2,38)10-12-35-18-22-17-21(7-8-24(22)29(35)37)23-9-11-31-27-25(23)32-26(33-27)19-3-5-20(6-4-19)28(36)34-13-15-39-16-14-34/h3-9,11,17,38H,10,12-16,18H2,1-2H3,(H,31,32,33)/p+1. The summed E-state index contributed by atoms with van der Waals surface area (Å²) in [5, 5.41) is 10.1. The molecular formula is C30H32N5O4+. The quantitative estimate of drug-likeness (QED) is 0.400. The molecule has 6 rings (SSSR count). The third-order valence-corrected chi connectivity index (χ3v) is 7.44. The maximum atomic E-state index is 12.9. The van der Waals surface area contributed by atoms with Crippen molar-refractivity contribution in [3.63, 3.8) is 0 Å². The van der Waals surface area contributed by atoms with E-state index in [0.717, 1.165) is 33.4 Å². The fraction of sp³-hybridized carbons (Fsp3) is 0.333. The molecule has 9 nitrogen and oxygen atoms in total. The molecule has 2 aliphatic rings. The molecular weight excluding hydrogens is 494 g/mol. The number of aromatic nitrogens is 3. The van der Waals surface area contributed by atoms with E-state index >= 15 is 0 Å². The minimum Gasteiger partial charge on any atom is -0.390 e. The molecule has 3 N–H and O–H groups in total. The lowest BCUT2D eigenvalue weighted by Crippen LogP contribution is -2.40. The zero-order chi connectivity index (χ0) is 27.1. The highest BCUT2D eigenvalue weighted by Crippen LogP contribution is 2.32. The third-order valence-electron chi connectivity index (χ3n) is 7.44. The normalized spacial score (nSPS) is 15.7. The summed E-state index contributed by atoms with van der Waals surface area (Å²) >= 11 is 0. The van der Waals surface area contributed by atoms with Crippen molar-refractivity contribution in [2.24, 2.45) is 0 Å². The molecule has 200 valence electrons. The van der Waals surface area contributed by atoms with E-state index in [-0.39, 0.29) is 11.8 Å². The SMILES string of the molecule is CC(C)(O)CCN1Cc2cc(-c3cc[nH+]c4nc(-c5ccc(C(=O)N6CCOCC6)cc5)[nH]c34)ccc2C1=O. The third kappa shape index (κ3) is 5.03. The Bertz CT molecular complexity index is 1550. The largest absolute Gasteiger partial charge is 0.390 e. The van der Waals surface area contributed by atoms with Gasteiger partial charge in [0.1, 0.15) is 5.52 Å². The highest BCUT2D eigenvalue weighted by atomic mass is 16.5. The van der Waals surface area contributed by atoms with Gasteiger partial charge in [0, 0.05) is 48.4 Å². The summed E-state index contributed by atoms with van der Waals surface area (Å²) in [5.74, 6) is 0.721. The van der Waals surface area contributed by atoms with E-state index in [0.29, 0.717) is 62.8 Å². The molecule has 0 unspecified atom stereocenters. The first-order valence-electron chi connectivity index (χ1n) is 13.3. The van der Waals surface area contributed by atoms with Crippen molar-refractivity contribution < 1.29 is 24.4 Å². The molecule has 2 amide bonds. The molecule has 2 aromatic heterocycles. The Labute approximate surface area is 226 Å². The van der Waals surface area contributed by atoms with Crippen molar-refractivity contribution in [2.75, 3.05) is 32.8 Å². The van der Waals surface area contributed by atoms with Gasteiger partial charge in [-0.25, -0.2) is 4.98 Å². The van der Waals surface area contributed by atoms with Gasteiger partial charge in [0.2, 0.25) is 0 Å². The number of nitrogens with zero attached hydrogens (tertiary/aromatic N) is 3. The van der Waals surface area contributed by atoms with E-state index in [9.17, 15) is 14.7 Å². The summed E-state index contributed by atoms with van der Waals surface area (Å²) in [6.07, 6.45) is 2.38. The van der Waals surface area contributed by atoms with Crippen LogP contribution in [0.15, 0.2) is 54.7 Å². The number of aromatic amines is 2. The van der Waals surface area contributed by atoms with Gasteiger partial charge in [-0.1, -0.05) is 6.07 Å². The number of hydrogen-bond acceptors (Lipinski definition) is 5. The highest BCUT2D eigenvalue weighted by molar-refractivity contribution is 6.00. The maximum Gasteiger partial charge on any atom is 0.347 e. The summed E-state index contributed by atoms with van der Waals surface area (Å²) in [6.45, 7) is 6.92. The van der Waals surface area contributed by atoms with E-state index in [1.165, 1.54) is 0 Å². The van der Waals surface area contributed by atoms with Crippen molar-refractivity contribution in [3.05, 3.63) is 71.4 Å². The average Bonchev–Trinajstić information content (AvgIpc) is 3.52. The van der Waals surface area contributed by atoms with E-state index in [1.807, 2.05) is 53.6 Å².